The fourth-order valence-corrected chi connectivity index (χ4v) is 3.62. The van der Waals surface area contributed by atoms with Gasteiger partial charge in [0, 0.05) is 0 Å². The molecule has 0 aromatic rings. The summed E-state index contributed by atoms with van der Waals surface area (Å²) in [7, 11) is -0.0352. The van der Waals surface area contributed by atoms with E-state index in [1.54, 1.807) is 0 Å². The second-order valence-electron chi connectivity index (χ2n) is 8.33. The molecule has 27 heavy (non-hydrogen) atoms. The first kappa shape index (κ1) is 27.1. The summed E-state index contributed by atoms with van der Waals surface area (Å²) in [6, 6.07) is 0. The Morgan fingerprint density at radius 3 is 1.56 bits per heavy atom. The van der Waals surface area contributed by atoms with Crippen molar-refractivity contribution in [3.8, 4) is 0 Å². The summed E-state index contributed by atoms with van der Waals surface area (Å²) in [5, 5.41) is 0. The van der Waals surface area contributed by atoms with Gasteiger partial charge in [-0.25, -0.2) is 0 Å². The Hall–Kier alpha value is 0.0700. The fraction of sp³-hybridized carbons (Fsp3) is 1.00. The second-order valence-corrected chi connectivity index (χ2v) is 9.74. The van der Waals surface area contributed by atoms with Crippen LogP contribution in [0.3, 0.4) is 0 Å². The largest absolute Gasteiger partial charge is 0.756 e. The van der Waals surface area contributed by atoms with Crippen LogP contribution in [0.2, 0.25) is 0 Å². The van der Waals surface area contributed by atoms with Crippen LogP contribution < -0.4 is 4.89 Å². The van der Waals surface area contributed by atoms with Crippen LogP contribution in [-0.4, -0.2) is 44.9 Å². The number of likely N-dealkylation sites (N-methyl/N-ethyl adjacent to an activating group) is 1. The molecule has 0 aliphatic carbocycles. The second kappa shape index (κ2) is 17.0. The summed E-state index contributed by atoms with van der Waals surface area (Å²) >= 11 is 0. The standard InChI is InChI=1S/C21H46NO4P/c1-5-7-8-9-10-11-12-13-14-15-16-17-18-20-25-27(23,24)26-21-19-22(3,4)6-2/h5-21H2,1-4H3. The molecule has 0 aromatic heterocycles. The zero-order valence-electron chi connectivity index (χ0n) is 18.5. The molecule has 0 rings (SSSR count). The molecule has 1 atom stereocenters. The van der Waals surface area contributed by atoms with Crippen molar-refractivity contribution >= 4 is 7.82 Å². The predicted molar refractivity (Wildman–Crippen MR) is 113 cm³/mol. The van der Waals surface area contributed by atoms with Crippen molar-refractivity contribution in [2.45, 2.75) is 97.3 Å². The smallest absolute Gasteiger partial charge is 0.268 e. The normalized spacial score (nSPS) is 14.4. The van der Waals surface area contributed by atoms with Gasteiger partial charge >= 0.3 is 0 Å². The molecular weight excluding hydrogens is 361 g/mol. The fourth-order valence-electron chi connectivity index (χ4n) is 2.89. The van der Waals surface area contributed by atoms with Gasteiger partial charge in [-0.15, -0.1) is 0 Å². The first-order valence-electron chi connectivity index (χ1n) is 11.2. The van der Waals surface area contributed by atoms with Crippen LogP contribution in [0.1, 0.15) is 97.3 Å². The van der Waals surface area contributed by atoms with E-state index < -0.39 is 7.82 Å². The number of hydrogen-bond acceptors (Lipinski definition) is 4. The molecule has 1 unspecified atom stereocenters. The van der Waals surface area contributed by atoms with Gasteiger partial charge in [0.05, 0.1) is 27.2 Å². The van der Waals surface area contributed by atoms with Crippen molar-refractivity contribution < 1.29 is 23.0 Å². The Kier molecular flexibility index (Phi) is 17.0. The van der Waals surface area contributed by atoms with Crippen molar-refractivity contribution in [1.82, 2.24) is 0 Å². The van der Waals surface area contributed by atoms with E-state index in [-0.39, 0.29) is 13.2 Å². The van der Waals surface area contributed by atoms with Gasteiger partial charge in [0.25, 0.3) is 7.82 Å². The third-order valence-electron chi connectivity index (χ3n) is 5.30. The molecule has 0 radical (unpaired) electrons. The zero-order valence-corrected chi connectivity index (χ0v) is 19.4. The molecule has 0 saturated heterocycles. The molecule has 0 aromatic carbocycles. The number of phosphoric ester groups is 1. The average Bonchev–Trinajstić information content (AvgIpc) is 2.61. The molecule has 0 aliphatic heterocycles. The van der Waals surface area contributed by atoms with Crippen molar-refractivity contribution in [3.63, 3.8) is 0 Å². The maximum absolute atomic E-state index is 11.7. The Balaban J connectivity index is 3.39. The summed E-state index contributed by atoms with van der Waals surface area (Å²) in [5.74, 6) is 0. The van der Waals surface area contributed by atoms with E-state index in [1.807, 2.05) is 14.1 Å². The van der Waals surface area contributed by atoms with Crippen LogP contribution in [0.5, 0.6) is 0 Å². The summed E-state index contributed by atoms with van der Waals surface area (Å²) in [6.07, 6.45) is 16.5. The predicted octanol–water partition coefficient (Wildman–Crippen LogP) is 5.68. The number of phosphoric acid groups is 1. The molecule has 0 aliphatic rings. The highest BCUT2D eigenvalue weighted by molar-refractivity contribution is 7.45. The van der Waals surface area contributed by atoms with Gasteiger partial charge in [-0.3, -0.25) is 4.57 Å². The van der Waals surface area contributed by atoms with E-state index >= 15 is 0 Å². The Labute approximate surface area is 169 Å². The highest BCUT2D eigenvalue weighted by Gasteiger charge is 2.15. The lowest BCUT2D eigenvalue weighted by Crippen LogP contribution is -2.41. The first-order valence-corrected chi connectivity index (χ1v) is 12.7. The van der Waals surface area contributed by atoms with Crippen LogP contribution in [-0.2, 0) is 13.6 Å². The number of unbranched alkanes of at least 4 members (excludes halogenated alkanes) is 12. The van der Waals surface area contributed by atoms with Crippen LogP contribution in [0, 0.1) is 0 Å². The highest BCUT2D eigenvalue weighted by Crippen LogP contribution is 2.38. The van der Waals surface area contributed by atoms with Gasteiger partial charge in [0.15, 0.2) is 0 Å². The van der Waals surface area contributed by atoms with E-state index in [1.165, 1.54) is 64.2 Å². The van der Waals surface area contributed by atoms with Gasteiger partial charge in [-0.1, -0.05) is 84.0 Å². The number of hydrogen-bond donors (Lipinski definition) is 0. The van der Waals surface area contributed by atoms with Crippen molar-refractivity contribution in [3.05, 3.63) is 0 Å². The number of nitrogens with zero attached hydrogens (tertiary/aromatic N) is 1. The van der Waals surface area contributed by atoms with Gasteiger partial charge in [0.1, 0.15) is 13.2 Å². The minimum absolute atomic E-state index is 0.181. The summed E-state index contributed by atoms with van der Waals surface area (Å²) in [5.41, 5.74) is 0. The van der Waals surface area contributed by atoms with Crippen molar-refractivity contribution in [1.29, 1.82) is 0 Å². The monoisotopic (exact) mass is 407 g/mol. The molecular formula is C21H46NO4P. The molecule has 0 amide bonds. The van der Waals surface area contributed by atoms with Crippen molar-refractivity contribution in [2.24, 2.45) is 0 Å². The lowest BCUT2D eigenvalue weighted by molar-refractivity contribution is -0.888. The third kappa shape index (κ3) is 19.2. The third-order valence-corrected chi connectivity index (χ3v) is 6.30. The molecule has 0 heterocycles. The first-order chi connectivity index (χ1) is 12.8. The summed E-state index contributed by atoms with van der Waals surface area (Å²) in [4.78, 5) is 11.7. The van der Waals surface area contributed by atoms with E-state index in [9.17, 15) is 9.46 Å². The number of rotatable bonds is 20. The van der Waals surface area contributed by atoms with E-state index in [0.29, 0.717) is 6.54 Å². The van der Waals surface area contributed by atoms with Crippen molar-refractivity contribution in [2.75, 3.05) is 40.4 Å². The molecule has 0 fully saturated rings. The average molecular weight is 408 g/mol. The topological polar surface area (TPSA) is 58.6 Å². The van der Waals surface area contributed by atoms with Gasteiger partial charge in [0.2, 0.25) is 0 Å². The minimum atomic E-state index is -4.13. The maximum Gasteiger partial charge on any atom is 0.268 e. The highest BCUT2D eigenvalue weighted by atomic mass is 31.2. The van der Waals surface area contributed by atoms with E-state index in [2.05, 4.69) is 13.8 Å². The molecule has 0 bridgehead atoms. The molecule has 0 saturated carbocycles. The molecule has 0 N–H and O–H groups in total. The van der Waals surface area contributed by atoms with Crippen LogP contribution in [0.15, 0.2) is 0 Å². The molecule has 6 heteroatoms. The van der Waals surface area contributed by atoms with Crippen LogP contribution in [0.25, 0.3) is 0 Å². The lowest BCUT2D eigenvalue weighted by atomic mass is 10.0. The Morgan fingerprint density at radius 1 is 0.704 bits per heavy atom. The van der Waals surface area contributed by atoms with E-state index in [4.69, 9.17) is 9.05 Å². The molecule has 164 valence electrons. The Bertz CT molecular complexity index is 377. The lowest BCUT2D eigenvalue weighted by Gasteiger charge is -2.29. The van der Waals surface area contributed by atoms with Gasteiger partial charge < -0.3 is 18.4 Å². The van der Waals surface area contributed by atoms with Crippen LogP contribution >= 0.6 is 7.82 Å². The van der Waals surface area contributed by atoms with Crippen LogP contribution in [0.4, 0.5) is 0 Å². The zero-order chi connectivity index (χ0) is 20.4. The Morgan fingerprint density at radius 2 is 1.11 bits per heavy atom. The summed E-state index contributed by atoms with van der Waals surface area (Å²) in [6.45, 7) is 6.34. The molecule has 5 nitrogen and oxygen atoms in total. The maximum atomic E-state index is 11.7. The minimum Gasteiger partial charge on any atom is -0.756 e. The quantitative estimate of drug-likeness (QED) is 0.148. The molecule has 0 spiro atoms. The SMILES string of the molecule is CCCCCCCCCCCCCCCOP(=O)([O-])OCC[N+](C)(C)CC. The summed E-state index contributed by atoms with van der Waals surface area (Å²) < 4.78 is 22.3. The van der Waals surface area contributed by atoms with Gasteiger partial charge in [-0.05, 0) is 13.3 Å². The van der Waals surface area contributed by atoms with Gasteiger partial charge in [-0.2, -0.15) is 0 Å². The van der Waals surface area contributed by atoms with E-state index in [0.717, 1.165) is 30.3 Å². The number of quaternary nitrogens is 1.